The average Bonchev–Trinajstić information content (AvgIpc) is 1.14. The van der Waals surface area contributed by atoms with Crippen LogP contribution in [-0.4, -0.2) is 96.7 Å². The maximum Gasteiger partial charge on any atom is 0.472 e. The summed E-state index contributed by atoms with van der Waals surface area (Å²) >= 11 is 0. The first kappa shape index (κ1) is 94.1. The molecule has 0 aromatic carbocycles. The highest BCUT2D eigenvalue weighted by Crippen LogP contribution is 2.45. The number of rotatable bonds is 76. The van der Waals surface area contributed by atoms with E-state index >= 15 is 0 Å². The second-order valence-electron chi connectivity index (χ2n) is 28.7. The maximum atomic E-state index is 13.1. The van der Waals surface area contributed by atoms with Crippen molar-refractivity contribution in [3.05, 3.63) is 0 Å². The van der Waals surface area contributed by atoms with Crippen molar-refractivity contribution in [2.75, 3.05) is 39.6 Å². The van der Waals surface area contributed by atoms with E-state index in [0.717, 1.165) is 102 Å². The molecule has 0 saturated carbocycles. The van der Waals surface area contributed by atoms with E-state index in [1.165, 1.54) is 218 Å². The van der Waals surface area contributed by atoms with E-state index in [1.54, 1.807) is 0 Å². The van der Waals surface area contributed by atoms with Crippen LogP contribution in [0, 0.1) is 11.8 Å². The lowest BCUT2D eigenvalue weighted by molar-refractivity contribution is -0.161. The molecule has 0 spiro atoms. The molecule has 2 unspecified atom stereocenters. The molecular formula is C77H150O17P2. The Morgan fingerprint density at radius 2 is 0.479 bits per heavy atom. The van der Waals surface area contributed by atoms with E-state index in [2.05, 4.69) is 41.5 Å². The predicted octanol–water partition coefficient (Wildman–Crippen LogP) is 22.7. The molecular weight excluding hydrogens is 1260 g/mol. The fourth-order valence-electron chi connectivity index (χ4n) is 11.8. The van der Waals surface area contributed by atoms with E-state index in [4.69, 9.17) is 37.0 Å². The van der Waals surface area contributed by atoms with Crippen LogP contribution in [0.1, 0.15) is 401 Å². The highest BCUT2D eigenvalue weighted by molar-refractivity contribution is 7.47. The van der Waals surface area contributed by atoms with Gasteiger partial charge in [-0.25, -0.2) is 9.13 Å². The van der Waals surface area contributed by atoms with Gasteiger partial charge in [-0.15, -0.1) is 0 Å². The summed E-state index contributed by atoms with van der Waals surface area (Å²) in [6.45, 7) is 9.63. The van der Waals surface area contributed by atoms with Crippen LogP contribution in [0.5, 0.6) is 0 Å². The minimum absolute atomic E-state index is 0.107. The first-order valence-electron chi connectivity index (χ1n) is 40.0. The minimum Gasteiger partial charge on any atom is -0.462 e. The van der Waals surface area contributed by atoms with Crippen molar-refractivity contribution in [3.63, 3.8) is 0 Å². The highest BCUT2D eigenvalue weighted by atomic mass is 31.2. The lowest BCUT2D eigenvalue weighted by Gasteiger charge is -2.21. The molecule has 0 heterocycles. The molecule has 0 saturated heterocycles. The molecule has 19 heteroatoms. The molecule has 570 valence electrons. The third-order valence-corrected chi connectivity index (χ3v) is 19.9. The average molecular weight is 1410 g/mol. The smallest absolute Gasteiger partial charge is 0.462 e. The van der Waals surface area contributed by atoms with Crippen molar-refractivity contribution in [2.45, 2.75) is 419 Å². The first-order chi connectivity index (χ1) is 46.4. The molecule has 0 fully saturated rings. The van der Waals surface area contributed by atoms with Gasteiger partial charge >= 0.3 is 39.5 Å². The van der Waals surface area contributed by atoms with Gasteiger partial charge in [-0.2, -0.15) is 0 Å². The van der Waals surface area contributed by atoms with Gasteiger partial charge in [0.15, 0.2) is 12.2 Å². The van der Waals surface area contributed by atoms with Gasteiger partial charge in [0.1, 0.15) is 19.3 Å². The van der Waals surface area contributed by atoms with Crippen LogP contribution in [0.3, 0.4) is 0 Å². The summed E-state index contributed by atoms with van der Waals surface area (Å²) in [5, 5.41) is 10.6. The third-order valence-electron chi connectivity index (χ3n) is 18.0. The molecule has 0 radical (unpaired) electrons. The number of phosphoric acid groups is 2. The normalized spacial score (nSPS) is 14.0. The Balaban J connectivity index is 5.25. The van der Waals surface area contributed by atoms with Gasteiger partial charge < -0.3 is 33.8 Å². The van der Waals surface area contributed by atoms with Gasteiger partial charge in [-0.3, -0.25) is 37.3 Å². The number of esters is 4. The fraction of sp³-hybridized carbons (Fsp3) is 0.948. The lowest BCUT2D eigenvalue weighted by Crippen LogP contribution is -2.30. The Morgan fingerprint density at radius 1 is 0.281 bits per heavy atom. The first-order valence-corrected chi connectivity index (χ1v) is 43.0. The topological polar surface area (TPSA) is 237 Å². The van der Waals surface area contributed by atoms with Gasteiger partial charge in [0.2, 0.25) is 0 Å². The number of carbonyl (C=O) groups is 4. The van der Waals surface area contributed by atoms with E-state index in [1.807, 2.05) is 0 Å². The zero-order valence-corrected chi connectivity index (χ0v) is 64.5. The van der Waals surface area contributed by atoms with Crippen LogP contribution >= 0.6 is 15.6 Å². The third kappa shape index (κ3) is 70.5. The Hall–Kier alpha value is -1.94. The van der Waals surface area contributed by atoms with E-state index in [9.17, 15) is 43.2 Å². The largest absolute Gasteiger partial charge is 0.472 e. The minimum atomic E-state index is -4.96. The fourth-order valence-corrected chi connectivity index (χ4v) is 13.4. The van der Waals surface area contributed by atoms with E-state index in [0.29, 0.717) is 25.7 Å². The van der Waals surface area contributed by atoms with Crippen LogP contribution in [0.15, 0.2) is 0 Å². The molecule has 0 aromatic heterocycles. The number of hydrogen-bond donors (Lipinski definition) is 3. The summed E-state index contributed by atoms with van der Waals surface area (Å²) in [6, 6.07) is 0. The van der Waals surface area contributed by atoms with Crippen LogP contribution in [0.2, 0.25) is 0 Å². The number of phosphoric ester groups is 2. The number of aliphatic hydroxyl groups excluding tert-OH is 1. The van der Waals surface area contributed by atoms with Crippen molar-refractivity contribution >= 4 is 39.5 Å². The SMILES string of the molecule is CCCCCCCCCCCCCCCCCC(=O)O[C@H](COC(=O)CCCCCCCCCCCC)COP(=O)(O)OC[C@H](O)COP(=O)(O)OC[C@@H](COC(=O)CCCCCCCCCCCCCCC(C)C)OC(=O)CCCCCCCCCCCCCCCC(C)C. The molecule has 17 nitrogen and oxygen atoms in total. The van der Waals surface area contributed by atoms with Crippen molar-refractivity contribution in [1.82, 2.24) is 0 Å². The number of carbonyl (C=O) groups excluding carboxylic acids is 4. The number of aliphatic hydroxyl groups is 1. The predicted molar refractivity (Wildman–Crippen MR) is 391 cm³/mol. The standard InChI is InChI=1S/C77H150O17P2/c1-7-9-11-13-15-17-19-20-21-24-31-37-43-49-55-61-76(81)93-72(65-87-74(79)59-53-47-41-35-18-16-14-12-10-8-2)67-91-95(83,84)89-63-71(78)64-90-96(85,86)92-68-73(66-88-75(80)60-54-48-42-36-30-27-26-29-34-40-46-52-58-70(5)6)94-77(82)62-56-50-44-38-32-25-22-23-28-33-39-45-51-57-69(3)4/h69-73,78H,7-68H2,1-6H3,(H,83,84)(H,85,86)/t71-,72+,73+/m0/s1. The summed E-state index contributed by atoms with van der Waals surface area (Å²) in [6.07, 6.45) is 56.7. The summed E-state index contributed by atoms with van der Waals surface area (Å²) in [4.78, 5) is 72.9. The molecule has 3 N–H and O–H groups in total. The molecule has 0 aromatic rings. The number of hydrogen-bond acceptors (Lipinski definition) is 15. The molecule has 0 aliphatic heterocycles. The van der Waals surface area contributed by atoms with Crippen LogP contribution in [0.4, 0.5) is 0 Å². The van der Waals surface area contributed by atoms with Crippen LogP contribution in [0.25, 0.3) is 0 Å². The van der Waals surface area contributed by atoms with Gasteiger partial charge in [0.05, 0.1) is 26.4 Å². The summed E-state index contributed by atoms with van der Waals surface area (Å²) in [5.74, 6) is -0.544. The monoisotopic (exact) mass is 1410 g/mol. The van der Waals surface area contributed by atoms with Crippen molar-refractivity contribution in [1.29, 1.82) is 0 Å². The molecule has 0 aliphatic carbocycles. The van der Waals surface area contributed by atoms with Crippen molar-refractivity contribution in [2.24, 2.45) is 11.8 Å². The summed E-state index contributed by atoms with van der Waals surface area (Å²) in [5.41, 5.74) is 0. The maximum absolute atomic E-state index is 13.1. The molecule has 96 heavy (non-hydrogen) atoms. The quantitative estimate of drug-likeness (QED) is 0.0222. The zero-order valence-electron chi connectivity index (χ0n) is 62.7. The number of unbranched alkanes of at least 4 members (excludes halogenated alkanes) is 46. The Bertz CT molecular complexity index is 1860. The number of ether oxygens (including phenoxy) is 4. The zero-order chi connectivity index (χ0) is 70.7. The second-order valence-corrected chi connectivity index (χ2v) is 31.6. The Morgan fingerprint density at radius 3 is 0.708 bits per heavy atom. The van der Waals surface area contributed by atoms with Crippen LogP contribution in [-0.2, 0) is 65.4 Å². The molecule has 0 amide bonds. The van der Waals surface area contributed by atoms with Gasteiger partial charge in [0.25, 0.3) is 0 Å². The van der Waals surface area contributed by atoms with Crippen molar-refractivity contribution < 1.29 is 80.2 Å². The molecule has 0 rings (SSSR count). The Labute approximate surface area is 588 Å². The molecule has 0 aliphatic rings. The van der Waals surface area contributed by atoms with Crippen LogP contribution < -0.4 is 0 Å². The van der Waals surface area contributed by atoms with E-state index in [-0.39, 0.29) is 25.7 Å². The Kier molecular flexibility index (Phi) is 67.4. The molecule has 5 atom stereocenters. The lowest BCUT2D eigenvalue weighted by atomic mass is 10.0. The van der Waals surface area contributed by atoms with Gasteiger partial charge in [-0.05, 0) is 37.5 Å². The summed E-state index contributed by atoms with van der Waals surface area (Å²) in [7, 11) is -9.91. The van der Waals surface area contributed by atoms with Crippen molar-refractivity contribution in [3.8, 4) is 0 Å². The second kappa shape index (κ2) is 68.8. The summed E-state index contributed by atoms with van der Waals surface area (Å²) < 4.78 is 68.6. The van der Waals surface area contributed by atoms with Gasteiger partial charge in [0, 0.05) is 25.7 Å². The molecule has 0 bridgehead atoms. The van der Waals surface area contributed by atoms with E-state index < -0.39 is 97.5 Å². The highest BCUT2D eigenvalue weighted by Gasteiger charge is 2.30. The van der Waals surface area contributed by atoms with Gasteiger partial charge in [-0.1, -0.05) is 350 Å².